The van der Waals surface area contributed by atoms with Gasteiger partial charge in [0.2, 0.25) is 0 Å². The van der Waals surface area contributed by atoms with Gasteiger partial charge in [-0.1, -0.05) is 48.0 Å². The number of benzene rings is 3. The third-order valence-corrected chi connectivity index (χ3v) is 5.98. The SMILES string of the molecule is COc1ccc(-c2ccccc2)cc1CS(=O)(=O)c1ccc(O)c(Cl)c1. The fourth-order valence-corrected chi connectivity index (χ4v) is 4.29. The zero-order chi connectivity index (χ0) is 18.7. The Morgan fingerprint density at radius 1 is 0.962 bits per heavy atom. The van der Waals surface area contributed by atoms with Crippen molar-refractivity contribution in [1.29, 1.82) is 0 Å². The number of ether oxygens (including phenoxy) is 1. The number of sulfone groups is 1. The molecule has 3 rings (SSSR count). The highest BCUT2D eigenvalue weighted by molar-refractivity contribution is 7.90. The zero-order valence-corrected chi connectivity index (χ0v) is 15.6. The molecule has 0 spiro atoms. The Morgan fingerprint density at radius 3 is 2.35 bits per heavy atom. The predicted octanol–water partition coefficient (Wildman–Crippen LogP) is 4.70. The number of hydrogen-bond acceptors (Lipinski definition) is 4. The van der Waals surface area contributed by atoms with Crippen LogP contribution in [0.1, 0.15) is 5.56 Å². The van der Waals surface area contributed by atoms with Crippen molar-refractivity contribution in [2.45, 2.75) is 10.6 Å². The summed E-state index contributed by atoms with van der Waals surface area (Å²) in [5.41, 5.74) is 2.44. The summed E-state index contributed by atoms with van der Waals surface area (Å²) in [6, 6.07) is 19.0. The second-order valence-corrected chi connectivity index (χ2v) is 8.16. The lowest BCUT2D eigenvalue weighted by Crippen LogP contribution is -2.06. The Bertz CT molecular complexity index is 1030. The van der Waals surface area contributed by atoms with Crippen LogP contribution in [0.15, 0.2) is 71.6 Å². The molecule has 0 unspecified atom stereocenters. The first kappa shape index (κ1) is 18.3. The maximum atomic E-state index is 12.8. The van der Waals surface area contributed by atoms with Gasteiger partial charge >= 0.3 is 0 Å². The minimum absolute atomic E-state index is 0.00363. The first-order valence-electron chi connectivity index (χ1n) is 7.84. The fourth-order valence-electron chi connectivity index (χ4n) is 2.67. The largest absolute Gasteiger partial charge is 0.506 e. The van der Waals surface area contributed by atoms with Crippen LogP contribution in [0.4, 0.5) is 0 Å². The van der Waals surface area contributed by atoms with Crippen LogP contribution in [-0.4, -0.2) is 20.6 Å². The van der Waals surface area contributed by atoms with E-state index >= 15 is 0 Å². The maximum Gasteiger partial charge on any atom is 0.182 e. The molecule has 6 heteroatoms. The minimum Gasteiger partial charge on any atom is -0.506 e. The summed E-state index contributed by atoms with van der Waals surface area (Å²) in [7, 11) is -2.15. The van der Waals surface area contributed by atoms with Crippen molar-refractivity contribution in [3.05, 3.63) is 77.3 Å². The van der Waals surface area contributed by atoms with Gasteiger partial charge in [0.05, 0.1) is 22.8 Å². The number of phenols is 1. The van der Waals surface area contributed by atoms with Gasteiger partial charge < -0.3 is 9.84 Å². The Morgan fingerprint density at radius 2 is 1.69 bits per heavy atom. The number of rotatable bonds is 5. The van der Waals surface area contributed by atoms with E-state index in [1.54, 1.807) is 6.07 Å². The average molecular weight is 389 g/mol. The molecule has 3 aromatic rings. The highest BCUT2D eigenvalue weighted by Gasteiger charge is 2.20. The van der Waals surface area contributed by atoms with Gasteiger partial charge in [-0.15, -0.1) is 0 Å². The topological polar surface area (TPSA) is 63.6 Å². The quantitative estimate of drug-likeness (QED) is 0.688. The summed E-state index contributed by atoms with van der Waals surface area (Å²) < 4.78 is 30.9. The molecule has 0 saturated heterocycles. The number of hydrogen-bond donors (Lipinski definition) is 1. The van der Waals surface area contributed by atoms with E-state index in [1.165, 1.54) is 25.3 Å². The van der Waals surface area contributed by atoms with Gasteiger partial charge in [-0.2, -0.15) is 0 Å². The van der Waals surface area contributed by atoms with E-state index in [-0.39, 0.29) is 21.4 Å². The molecule has 0 heterocycles. The summed E-state index contributed by atoms with van der Waals surface area (Å²) in [5.74, 6) is 0.102. The molecular weight excluding hydrogens is 372 g/mol. The minimum atomic E-state index is -3.66. The van der Waals surface area contributed by atoms with Gasteiger partial charge in [-0.05, 0) is 41.5 Å². The van der Waals surface area contributed by atoms with Gasteiger partial charge in [0.15, 0.2) is 9.84 Å². The predicted molar refractivity (Wildman–Crippen MR) is 102 cm³/mol. The van der Waals surface area contributed by atoms with Crippen LogP contribution in [0, 0.1) is 0 Å². The zero-order valence-electron chi connectivity index (χ0n) is 14.0. The van der Waals surface area contributed by atoms with Crippen LogP contribution in [0.3, 0.4) is 0 Å². The Hall–Kier alpha value is -2.50. The van der Waals surface area contributed by atoms with Crippen LogP contribution in [-0.2, 0) is 15.6 Å². The van der Waals surface area contributed by atoms with E-state index in [4.69, 9.17) is 16.3 Å². The second kappa shape index (κ2) is 7.40. The number of halogens is 1. The smallest absolute Gasteiger partial charge is 0.182 e. The van der Waals surface area contributed by atoms with Crippen molar-refractivity contribution in [2.24, 2.45) is 0 Å². The Labute approximate surface area is 157 Å². The van der Waals surface area contributed by atoms with E-state index in [0.29, 0.717) is 11.3 Å². The van der Waals surface area contributed by atoms with E-state index in [0.717, 1.165) is 11.1 Å². The molecule has 0 bridgehead atoms. The second-order valence-electron chi connectivity index (χ2n) is 5.76. The normalized spacial score (nSPS) is 11.3. The number of methoxy groups -OCH3 is 1. The number of aromatic hydroxyl groups is 1. The summed E-state index contributed by atoms with van der Waals surface area (Å²) in [4.78, 5) is 0.0486. The maximum absolute atomic E-state index is 12.8. The molecule has 0 fully saturated rings. The van der Waals surface area contributed by atoms with Gasteiger partial charge in [0.25, 0.3) is 0 Å². The monoisotopic (exact) mass is 388 g/mol. The molecule has 0 atom stereocenters. The summed E-state index contributed by atoms with van der Waals surface area (Å²) in [6.45, 7) is 0. The van der Waals surface area contributed by atoms with E-state index in [9.17, 15) is 13.5 Å². The van der Waals surface area contributed by atoms with Crippen molar-refractivity contribution >= 4 is 21.4 Å². The lowest BCUT2D eigenvalue weighted by molar-refractivity contribution is 0.411. The van der Waals surface area contributed by atoms with Crippen molar-refractivity contribution in [3.63, 3.8) is 0 Å². The van der Waals surface area contributed by atoms with Crippen LogP contribution in [0.25, 0.3) is 11.1 Å². The fraction of sp³-hybridized carbons (Fsp3) is 0.100. The average Bonchev–Trinajstić information content (AvgIpc) is 2.64. The lowest BCUT2D eigenvalue weighted by atomic mass is 10.0. The highest BCUT2D eigenvalue weighted by atomic mass is 35.5. The third-order valence-electron chi connectivity index (χ3n) is 4.01. The van der Waals surface area contributed by atoms with Crippen molar-refractivity contribution < 1.29 is 18.3 Å². The van der Waals surface area contributed by atoms with Gasteiger partial charge in [-0.3, -0.25) is 0 Å². The van der Waals surface area contributed by atoms with Crippen molar-refractivity contribution in [2.75, 3.05) is 7.11 Å². The molecule has 0 amide bonds. The molecule has 0 aromatic heterocycles. The summed E-state index contributed by atoms with van der Waals surface area (Å²) >= 11 is 5.85. The van der Waals surface area contributed by atoms with Crippen LogP contribution in [0.2, 0.25) is 5.02 Å². The Kier molecular flexibility index (Phi) is 5.20. The summed E-state index contributed by atoms with van der Waals surface area (Å²) in [6.07, 6.45) is 0. The molecule has 0 aliphatic heterocycles. The third kappa shape index (κ3) is 3.84. The molecule has 0 saturated carbocycles. The van der Waals surface area contributed by atoms with Crippen LogP contribution < -0.4 is 4.74 Å². The van der Waals surface area contributed by atoms with E-state index < -0.39 is 9.84 Å². The molecule has 0 aliphatic carbocycles. The molecule has 134 valence electrons. The lowest BCUT2D eigenvalue weighted by Gasteiger charge is -2.12. The van der Waals surface area contributed by atoms with Gasteiger partial charge in [0, 0.05) is 5.56 Å². The first-order chi connectivity index (χ1) is 12.4. The molecule has 4 nitrogen and oxygen atoms in total. The van der Waals surface area contributed by atoms with Crippen molar-refractivity contribution in [1.82, 2.24) is 0 Å². The van der Waals surface area contributed by atoms with Gasteiger partial charge in [-0.25, -0.2) is 8.42 Å². The van der Waals surface area contributed by atoms with Crippen LogP contribution in [0.5, 0.6) is 11.5 Å². The van der Waals surface area contributed by atoms with Gasteiger partial charge in [0.1, 0.15) is 11.5 Å². The highest BCUT2D eigenvalue weighted by Crippen LogP contribution is 2.31. The Balaban J connectivity index is 2.01. The molecule has 1 N–H and O–H groups in total. The first-order valence-corrected chi connectivity index (χ1v) is 9.87. The van der Waals surface area contributed by atoms with Crippen LogP contribution >= 0.6 is 11.6 Å². The molecule has 26 heavy (non-hydrogen) atoms. The molecular formula is C20H17ClO4S. The van der Waals surface area contributed by atoms with E-state index in [2.05, 4.69) is 0 Å². The molecule has 3 aromatic carbocycles. The van der Waals surface area contributed by atoms with E-state index in [1.807, 2.05) is 42.5 Å². The number of phenolic OH excluding ortho intramolecular Hbond substituents is 1. The molecule has 0 aliphatic rings. The summed E-state index contributed by atoms with van der Waals surface area (Å²) in [5, 5.41) is 9.49. The molecule has 0 radical (unpaired) electrons. The van der Waals surface area contributed by atoms with Crippen molar-refractivity contribution in [3.8, 4) is 22.6 Å². The standard InChI is InChI=1S/C20H17ClO4S/c1-25-20-10-7-15(14-5-3-2-4-6-14)11-16(20)13-26(23,24)17-8-9-19(22)18(21)12-17/h2-12,22H,13H2,1H3.